The van der Waals surface area contributed by atoms with Crippen molar-refractivity contribution in [2.24, 2.45) is 0 Å². The highest BCUT2D eigenvalue weighted by Crippen LogP contribution is 2.30. The van der Waals surface area contributed by atoms with Crippen LogP contribution in [0.15, 0.2) is 58.5 Å². The first kappa shape index (κ1) is 16.1. The Hall–Kier alpha value is -0.870. The molecule has 0 aliphatic heterocycles. The van der Waals surface area contributed by atoms with Gasteiger partial charge in [-0.3, -0.25) is 0 Å². The van der Waals surface area contributed by atoms with E-state index in [0.717, 1.165) is 12.0 Å². The summed E-state index contributed by atoms with van der Waals surface area (Å²) >= 11 is 0. The van der Waals surface area contributed by atoms with Crippen molar-refractivity contribution >= 4 is 9.24 Å². The second kappa shape index (κ2) is 8.25. The third-order valence-corrected chi connectivity index (χ3v) is 3.62. The molecule has 94 valence electrons. The zero-order chi connectivity index (χ0) is 13.4. The Morgan fingerprint density at radius 1 is 1.24 bits per heavy atom. The van der Waals surface area contributed by atoms with Crippen LogP contribution in [0.25, 0.3) is 0 Å². The molecule has 0 aromatic rings. The minimum Gasteiger partial charge on any atom is -0.105 e. The van der Waals surface area contributed by atoms with E-state index in [4.69, 9.17) is 0 Å². The number of rotatable bonds is 5. The van der Waals surface area contributed by atoms with Gasteiger partial charge in [0.15, 0.2) is 0 Å². The van der Waals surface area contributed by atoms with Gasteiger partial charge in [-0.1, -0.05) is 43.4 Å². The van der Waals surface area contributed by atoms with Gasteiger partial charge in [-0.2, -0.15) is 0 Å². The van der Waals surface area contributed by atoms with Crippen molar-refractivity contribution in [2.45, 2.75) is 41.0 Å². The van der Waals surface area contributed by atoms with Gasteiger partial charge >= 0.3 is 0 Å². The zero-order valence-corrected chi connectivity index (χ0v) is 13.0. The maximum atomic E-state index is 4.18. The van der Waals surface area contributed by atoms with E-state index in [1.165, 1.54) is 22.0 Å². The van der Waals surface area contributed by atoms with Gasteiger partial charge in [0.1, 0.15) is 0 Å². The van der Waals surface area contributed by atoms with Gasteiger partial charge in [-0.25, -0.2) is 0 Å². The van der Waals surface area contributed by atoms with Crippen molar-refractivity contribution in [3.05, 3.63) is 58.5 Å². The highest BCUT2D eigenvalue weighted by Gasteiger charge is 2.05. The molecule has 0 aliphatic carbocycles. The van der Waals surface area contributed by atoms with Crippen LogP contribution < -0.4 is 0 Å². The predicted molar refractivity (Wildman–Crippen MR) is 84.2 cm³/mol. The topological polar surface area (TPSA) is 0 Å². The van der Waals surface area contributed by atoms with Crippen LogP contribution in [0.5, 0.6) is 0 Å². The molecule has 17 heavy (non-hydrogen) atoms. The first-order chi connectivity index (χ1) is 7.99. The number of allylic oxidation sites excluding steroid dienone is 9. The minimum absolute atomic E-state index is 1.07. The lowest BCUT2D eigenvalue weighted by atomic mass is 10.0. The number of hydrogen-bond acceptors (Lipinski definition) is 0. The first-order valence-corrected chi connectivity index (χ1v) is 6.69. The van der Waals surface area contributed by atoms with Gasteiger partial charge < -0.3 is 0 Å². The van der Waals surface area contributed by atoms with Crippen molar-refractivity contribution in [3.63, 3.8) is 0 Å². The first-order valence-electron chi connectivity index (χ1n) is 6.11. The van der Waals surface area contributed by atoms with Crippen molar-refractivity contribution in [1.29, 1.82) is 0 Å². The molecule has 0 aromatic heterocycles. The largest absolute Gasteiger partial charge is 0.105 e. The van der Waals surface area contributed by atoms with Gasteiger partial charge in [0.2, 0.25) is 0 Å². The minimum atomic E-state index is 1.07. The average Bonchev–Trinajstić information content (AvgIpc) is 2.33. The maximum absolute atomic E-state index is 4.18. The molecule has 0 amide bonds. The molecule has 1 heteroatoms. The molecule has 0 aromatic carbocycles. The number of hydrogen-bond donors (Lipinski definition) is 0. The van der Waals surface area contributed by atoms with Gasteiger partial charge in [0, 0.05) is 0 Å². The Morgan fingerprint density at radius 3 is 2.24 bits per heavy atom. The molecule has 0 saturated carbocycles. The van der Waals surface area contributed by atoms with Crippen molar-refractivity contribution in [1.82, 2.24) is 0 Å². The quantitative estimate of drug-likeness (QED) is 0.440. The predicted octanol–water partition coefficient (Wildman–Crippen LogP) is 5.57. The van der Waals surface area contributed by atoms with Gasteiger partial charge in [0.05, 0.1) is 0 Å². The molecular weight excluding hydrogens is 223 g/mol. The SMILES string of the molecule is C=C(C(/C=C\C)=C\C)/C(P)=C(C)/C(C)=C/CC. The summed E-state index contributed by atoms with van der Waals surface area (Å²) < 4.78 is 0. The van der Waals surface area contributed by atoms with Gasteiger partial charge in [-0.15, -0.1) is 9.24 Å². The van der Waals surface area contributed by atoms with Crippen LogP contribution in [0, 0.1) is 0 Å². The molecular formula is C16H25P. The lowest BCUT2D eigenvalue weighted by Crippen LogP contribution is -1.90. The summed E-state index contributed by atoms with van der Waals surface area (Å²) in [5, 5.41) is 1.19. The van der Waals surface area contributed by atoms with E-state index in [0.29, 0.717) is 0 Å². The van der Waals surface area contributed by atoms with Crippen molar-refractivity contribution in [3.8, 4) is 0 Å². The Bertz CT molecular complexity index is 390. The summed E-state index contributed by atoms with van der Waals surface area (Å²) in [4.78, 5) is 0. The van der Waals surface area contributed by atoms with Crippen molar-refractivity contribution in [2.75, 3.05) is 0 Å². The smallest absolute Gasteiger partial charge is 0.0185 e. The van der Waals surface area contributed by atoms with Crippen LogP contribution in [0.1, 0.15) is 41.0 Å². The molecule has 0 nitrogen and oxygen atoms in total. The summed E-state index contributed by atoms with van der Waals surface area (Å²) in [6.45, 7) is 14.7. The Kier molecular flexibility index (Phi) is 7.83. The summed E-state index contributed by atoms with van der Waals surface area (Å²) in [6.07, 6.45) is 9.55. The fourth-order valence-corrected chi connectivity index (χ4v) is 2.00. The van der Waals surface area contributed by atoms with E-state index < -0.39 is 0 Å². The second-order valence-electron chi connectivity index (χ2n) is 4.06. The maximum Gasteiger partial charge on any atom is -0.0185 e. The monoisotopic (exact) mass is 248 g/mol. The fourth-order valence-electron chi connectivity index (χ4n) is 1.60. The normalized spacial score (nSPS) is 15.2. The molecule has 0 rings (SSSR count). The Balaban J connectivity index is 5.29. The average molecular weight is 248 g/mol. The van der Waals surface area contributed by atoms with Crippen LogP contribution in [-0.4, -0.2) is 0 Å². The van der Waals surface area contributed by atoms with E-state index in [9.17, 15) is 0 Å². The molecule has 0 saturated heterocycles. The van der Waals surface area contributed by atoms with E-state index in [2.05, 4.69) is 54.8 Å². The molecule has 0 bridgehead atoms. The van der Waals surface area contributed by atoms with Crippen LogP contribution in [0.2, 0.25) is 0 Å². The molecule has 0 fully saturated rings. The molecule has 0 aliphatic rings. The second-order valence-corrected chi connectivity index (χ2v) is 4.63. The standard InChI is InChI=1S/C16H25P/c1-7-10-12(4)13(5)16(17)14(6)15(9-3)11-8-2/h8-11H,6-7,17H2,1-5H3/b11-8-,12-10+,15-9-,16-13-. The summed E-state index contributed by atoms with van der Waals surface area (Å²) in [7, 11) is 2.82. The Labute approximate surface area is 109 Å². The third kappa shape index (κ3) is 4.88. The highest BCUT2D eigenvalue weighted by atomic mass is 31.0. The lowest BCUT2D eigenvalue weighted by molar-refractivity contribution is 1.17. The zero-order valence-electron chi connectivity index (χ0n) is 11.8. The molecule has 1 atom stereocenters. The van der Waals surface area contributed by atoms with Gasteiger partial charge in [-0.05, 0) is 56.1 Å². The van der Waals surface area contributed by atoms with Gasteiger partial charge in [0.25, 0.3) is 0 Å². The molecule has 0 heterocycles. The van der Waals surface area contributed by atoms with Crippen LogP contribution >= 0.6 is 9.24 Å². The fraction of sp³-hybridized carbons (Fsp3) is 0.375. The van der Waals surface area contributed by atoms with Crippen LogP contribution in [0.3, 0.4) is 0 Å². The summed E-state index contributed by atoms with van der Waals surface area (Å²) in [5.74, 6) is 0. The highest BCUT2D eigenvalue weighted by molar-refractivity contribution is 7.23. The summed E-state index contributed by atoms with van der Waals surface area (Å²) in [5.41, 5.74) is 4.89. The van der Waals surface area contributed by atoms with E-state index in [-0.39, 0.29) is 0 Å². The molecule has 0 N–H and O–H groups in total. The van der Waals surface area contributed by atoms with Crippen molar-refractivity contribution < 1.29 is 0 Å². The lowest BCUT2D eigenvalue weighted by Gasteiger charge is -2.12. The summed E-state index contributed by atoms with van der Waals surface area (Å²) in [6, 6.07) is 0. The third-order valence-electron chi connectivity index (χ3n) is 2.84. The molecule has 1 unspecified atom stereocenters. The van der Waals surface area contributed by atoms with Crippen LogP contribution in [-0.2, 0) is 0 Å². The van der Waals surface area contributed by atoms with E-state index in [1.54, 1.807) is 0 Å². The molecule has 0 spiro atoms. The van der Waals surface area contributed by atoms with E-state index >= 15 is 0 Å². The molecule has 0 radical (unpaired) electrons. The Morgan fingerprint density at radius 2 is 1.82 bits per heavy atom. The van der Waals surface area contributed by atoms with Crippen LogP contribution in [0.4, 0.5) is 0 Å². The van der Waals surface area contributed by atoms with E-state index in [1.807, 2.05) is 19.9 Å².